The molecule has 0 bridgehead atoms. The lowest BCUT2D eigenvalue weighted by atomic mass is 9.99. The van der Waals surface area contributed by atoms with Crippen LogP contribution < -0.4 is 10.3 Å². The van der Waals surface area contributed by atoms with Gasteiger partial charge in [0.2, 0.25) is 6.29 Å². The average Bonchev–Trinajstić information content (AvgIpc) is 2.71. The minimum atomic E-state index is -1.52. The highest BCUT2D eigenvalue weighted by atomic mass is 16.7. The van der Waals surface area contributed by atoms with E-state index < -0.39 is 37.3 Å². The Labute approximate surface area is 162 Å². The number of aliphatic hydroxyl groups is 4. The maximum Gasteiger partial charge on any atom is 0.251 e. The molecule has 28 heavy (non-hydrogen) atoms. The number of hydrogen-bond donors (Lipinski definition) is 4. The third kappa shape index (κ3) is 4.26. The first-order valence-electron chi connectivity index (χ1n) is 9.19. The van der Waals surface area contributed by atoms with Crippen molar-refractivity contribution < 1.29 is 29.9 Å². The fourth-order valence-electron chi connectivity index (χ4n) is 3.12. The lowest BCUT2D eigenvalue weighted by Gasteiger charge is -2.39. The molecule has 1 aliphatic rings. The van der Waals surface area contributed by atoms with Crippen LogP contribution in [0.2, 0.25) is 0 Å². The number of rotatable bonds is 6. The second-order valence-electron chi connectivity index (χ2n) is 6.78. The second kappa shape index (κ2) is 8.85. The van der Waals surface area contributed by atoms with Gasteiger partial charge >= 0.3 is 0 Å². The number of pyridine rings is 1. The van der Waals surface area contributed by atoms with Crippen molar-refractivity contribution in [2.45, 2.75) is 50.6 Å². The summed E-state index contributed by atoms with van der Waals surface area (Å²) in [7, 11) is 0. The van der Waals surface area contributed by atoms with Crippen molar-refractivity contribution in [2.24, 2.45) is 0 Å². The highest BCUT2D eigenvalue weighted by Crippen LogP contribution is 2.26. The first kappa shape index (κ1) is 20.5. The zero-order valence-electron chi connectivity index (χ0n) is 15.5. The van der Waals surface area contributed by atoms with Gasteiger partial charge in [0, 0.05) is 17.8 Å². The molecule has 8 nitrogen and oxygen atoms in total. The molecular weight excluding hydrogens is 366 g/mol. The molecule has 0 aliphatic carbocycles. The summed E-state index contributed by atoms with van der Waals surface area (Å²) < 4.78 is 12.7. The Morgan fingerprint density at radius 3 is 2.54 bits per heavy atom. The van der Waals surface area contributed by atoms with E-state index in [4.69, 9.17) is 9.47 Å². The van der Waals surface area contributed by atoms with Gasteiger partial charge in [-0.1, -0.05) is 25.1 Å². The first-order valence-corrected chi connectivity index (χ1v) is 9.19. The fraction of sp³-hybridized carbons (Fsp3) is 0.450. The molecule has 1 aromatic carbocycles. The Morgan fingerprint density at radius 2 is 1.86 bits per heavy atom. The number of nitrogens with zero attached hydrogens (tertiary/aromatic N) is 1. The largest absolute Gasteiger partial charge is 0.462 e. The molecule has 1 fully saturated rings. The van der Waals surface area contributed by atoms with E-state index >= 15 is 0 Å². The van der Waals surface area contributed by atoms with Crippen molar-refractivity contribution in [1.29, 1.82) is 0 Å². The molecular formula is C20H25NO7. The predicted molar refractivity (Wildman–Crippen MR) is 100 cm³/mol. The molecule has 0 amide bonds. The molecule has 0 spiro atoms. The maximum absolute atomic E-state index is 12.3. The summed E-state index contributed by atoms with van der Waals surface area (Å²) >= 11 is 0. The van der Waals surface area contributed by atoms with Crippen LogP contribution in [0.5, 0.6) is 5.75 Å². The highest BCUT2D eigenvalue weighted by molar-refractivity contribution is 5.34. The third-order valence-corrected chi connectivity index (χ3v) is 4.87. The molecule has 0 saturated carbocycles. The van der Waals surface area contributed by atoms with Crippen molar-refractivity contribution in [3.05, 3.63) is 64.1 Å². The maximum atomic E-state index is 12.3. The molecule has 152 valence electrons. The number of ether oxygens (including phenoxy) is 2. The Bertz CT molecular complexity index is 850. The lowest BCUT2D eigenvalue weighted by molar-refractivity contribution is -0.277. The van der Waals surface area contributed by atoms with Gasteiger partial charge in [-0.25, -0.2) is 0 Å². The molecule has 1 aliphatic heterocycles. The summed E-state index contributed by atoms with van der Waals surface area (Å²) in [6.45, 7) is 1.69. The Kier molecular flexibility index (Phi) is 6.48. The normalized spacial score (nSPS) is 27.5. The van der Waals surface area contributed by atoms with Crippen LogP contribution in [-0.4, -0.2) is 62.3 Å². The van der Waals surface area contributed by atoms with E-state index in [0.29, 0.717) is 11.3 Å². The molecule has 1 saturated heterocycles. The molecule has 1 aromatic heterocycles. The van der Waals surface area contributed by atoms with Crippen molar-refractivity contribution in [1.82, 2.24) is 4.57 Å². The van der Waals surface area contributed by atoms with Crippen LogP contribution in [0.25, 0.3) is 0 Å². The van der Waals surface area contributed by atoms with Crippen LogP contribution in [0.3, 0.4) is 0 Å². The van der Waals surface area contributed by atoms with Crippen molar-refractivity contribution in [2.75, 3.05) is 6.61 Å². The molecule has 0 radical (unpaired) electrons. The third-order valence-electron chi connectivity index (χ3n) is 4.87. The van der Waals surface area contributed by atoms with Crippen LogP contribution in [0, 0.1) is 0 Å². The molecule has 8 heteroatoms. The van der Waals surface area contributed by atoms with E-state index in [2.05, 4.69) is 0 Å². The van der Waals surface area contributed by atoms with Crippen molar-refractivity contribution in [3.8, 4) is 5.75 Å². The van der Waals surface area contributed by atoms with Crippen LogP contribution in [-0.2, 0) is 17.7 Å². The van der Waals surface area contributed by atoms with Gasteiger partial charge in [-0.15, -0.1) is 0 Å². The SMILES string of the molecule is CCc1ccn(Cc2ccccc2O[C@@H]2O[C@H](CO)C(O)[C@H](O)C2O)c(=O)c1. The number of benzene rings is 1. The van der Waals surface area contributed by atoms with E-state index in [0.717, 1.165) is 12.0 Å². The van der Waals surface area contributed by atoms with Gasteiger partial charge in [-0.05, 0) is 24.1 Å². The molecule has 3 rings (SSSR count). The van der Waals surface area contributed by atoms with E-state index in [1.165, 1.54) is 4.57 Å². The van der Waals surface area contributed by atoms with Gasteiger partial charge in [-0.2, -0.15) is 0 Å². The monoisotopic (exact) mass is 391 g/mol. The van der Waals surface area contributed by atoms with Crippen LogP contribution in [0.4, 0.5) is 0 Å². The molecule has 4 N–H and O–H groups in total. The summed E-state index contributed by atoms with van der Waals surface area (Å²) in [4.78, 5) is 12.3. The summed E-state index contributed by atoms with van der Waals surface area (Å²) in [6, 6.07) is 10.4. The van der Waals surface area contributed by atoms with Gasteiger partial charge < -0.3 is 34.5 Å². The number of aryl methyl sites for hydroxylation is 1. The van der Waals surface area contributed by atoms with E-state index in [1.807, 2.05) is 13.0 Å². The predicted octanol–water partition coefficient (Wildman–Crippen LogP) is -0.362. The van der Waals surface area contributed by atoms with Crippen molar-refractivity contribution >= 4 is 0 Å². The number of hydrogen-bond acceptors (Lipinski definition) is 7. The van der Waals surface area contributed by atoms with Gasteiger partial charge in [0.15, 0.2) is 0 Å². The Morgan fingerprint density at radius 1 is 1.11 bits per heavy atom. The Balaban J connectivity index is 1.82. The van der Waals surface area contributed by atoms with E-state index in [9.17, 15) is 25.2 Å². The molecule has 2 unspecified atom stereocenters. The Hall–Kier alpha value is -2.23. The molecule has 2 heterocycles. The zero-order chi connectivity index (χ0) is 20.3. The van der Waals surface area contributed by atoms with E-state index in [-0.39, 0.29) is 12.1 Å². The zero-order valence-corrected chi connectivity index (χ0v) is 15.5. The molecule has 2 aromatic rings. The van der Waals surface area contributed by atoms with Crippen LogP contribution >= 0.6 is 0 Å². The summed E-state index contributed by atoms with van der Waals surface area (Å²) in [5, 5.41) is 39.3. The van der Waals surface area contributed by atoms with Gasteiger partial charge in [0.05, 0.1) is 13.2 Å². The minimum absolute atomic E-state index is 0.137. The molecule has 5 atom stereocenters. The quantitative estimate of drug-likeness (QED) is 0.530. The van der Waals surface area contributed by atoms with Crippen LogP contribution in [0.15, 0.2) is 47.4 Å². The first-order chi connectivity index (χ1) is 13.4. The number of aromatic nitrogens is 1. The van der Waals surface area contributed by atoms with Gasteiger partial charge in [-0.3, -0.25) is 4.79 Å². The average molecular weight is 391 g/mol. The number of para-hydroxylation sites is 1. The smallest absolute Gasteiger partial charge is 0.251 e. The lowest BCUT2D eigenvalue weighted by Crippen LogP contribution is -2.60. The van der Waals surface area contributed by atoms with Gasteiger partial charge in [0.25, 0.3) is 5.56 Å². The topological polar surface area (TPSA) is 121 Å². The second-order valence-corrected chi connectivity index (χ2v) is 6.78. The van der Waals surface area contributed by atoms with Crippen molar-refractivity contribution in [3.63, 3.8) is 0 Å². The highest BCUT2D eigenvalue weighted by Gasteiger charge is 2.44. The standard InChI is InChI=1S/C20H25NO7/c1-2-12-7-8-21(16(23)9-12)10-13-5-3-4-6-14(13)27-20-19(26)18(25)17(24)15(11-22)28-20/h3-9,15,17-20,22,24-26H,2,10-11H2,1H3/t15-,17?,18+,19?,20-/m1/s1. The van der Waals surface area contributed by atoms with Gasteiger partial charge in [0.1, 0.15) is 30.2 Å². The van der Waals surface area contributed by atoms with Crippen LogP contribution in [0.1, 0.15) is 18.1 Å². The number of aliphatic hydroxyl groups excluding tert-OH is 4. The summed E-state index contributed by atoms with van der Waals surface area (Å²) in [5.74, 6) is 0.360. The summed E-state index contributed by atoms with van der Waals surface area (Å²) in [5.41, 5.74) is 1.49. The fourth-order valence-corrected chi connectivity index (χ4v) is 3.12. The van der Waals surface area contributed by atoms with E-state index in [1.54, 1.807) is 36.5 Å². The minimum Gasteiger partial charge on any atom is -0.462 e. The summed E-state index contributed by atoms with van der Waals surface area (Å²) in [6.07, 6.45) is -4.33.